The zero-order valence-corrected chi connectivity index (χ0v) is 40.4. The molecular formula is C36H72N11O9PS. The van der Waals surface area contributed by atoms with Crippen molar-refractivity contribution < 1.29 is 42.5 Å². The minimum atomic E-state index is -2.85. The van der Waals surface area contributed by atoms with Crippen molar-refractivity contribution in [3.63, 3.8) is 0 Å². The molecule has 0 amide bonds. The number of rotatable bonds is 4. The third-order valence-corrected chi connectivity index (χ3v) is 11.8. The van der Waals surface area contributed by atoms with E-state index in [4.69, 9.17) is 15.1 Å². The van der Waals surface area contributed by atoms with E-state index in [-0.39, 0.29) is 35.1 Å². The van der Waals surface area contributed by atoms with Gasteiger partial charge in [-0.05, 0) is 64.1 Å². The molecule has 0 fully saturated rings. The summed E-state index contributed by atoms with van der Waals surface area (Å²) in [6, 6.07) is 0. The number of nitrogens with zero attached hydrogens (tertiary/aromatic N) is 11. The second-order valence-corrected chi connectivity index (χ2v) is 25.4. The second-order valence-electron chi connectivity index (χ2n) is 19.5. The Labute approximate surface area is 345 Å². The van der Waals surface area contributed by atoms with Gasteiger partial charge < -0.3 is 15.1 Å². The normalized spacial score (nSPS) is 14.1. The van der Waals surface area contributed by atoms with Crippen molar-refractivity contribution in [2.75, 3.05) is 19.6 Å². The number of carboxylic acid groups (broad SMARTS) is 2. The highest BCUT2D eigenvalue weighted by molar-refractivity contribution is 7.92. The Balaban J connectivity index is -0.000000638. The maximum absolute atomic E-state index is 10.9. The van der Waals surface area contributed by atoms with E-state index in [1.165, 1.54) is 19.8 Å². The molecule has 20 nitrogen and oxygen atoms in total. The monoisotopic (exact) mass is 865 g/mol. The first-order valence-corrected chi connectivity index (χ1v) is 22.3. The van der Waals surface area contributed by atoms with Gasteiger partial charge in [-0.15, -0.1) is 20.4 Å². The van der Waals surface area contributed by atoms with Gasteiger partial charge in [0.1, 0.15) is 6.54 Å². The fourth-order valence-electron chi connectivity index (χ4n) is 2.41. The smallest absolute Gasteiger partial charge is 0.327 e. The van der Waals surface area contributed by atoms with Crippen molar-refractivity contribution in [3.05, 3.63) is 11.6 Å². The second kappa shape index (κ2) is 22.5. The molecule has 22 heteroatoms. The largest absolute Gasteiger partial charge is 0.481 e. The molecule has 0 radical (unpaired) electrons. The molecule has 0 saturated carbocycles. The maximum Gasteiger partial charge on any atom is 0.327 e. The number of aromatic nitrogens is 8. The van der Waals surface area contributed by atoms with Gasteiger partial charge >= 0.3 is 11.9 Å². The lowest BCUT2D eigenvalue weighted by Crippen LogP contribution is -2.26. The van der Waals surface area contributed by atoms with Gasteiger partial charge in [-0.25, -0.2) is 18.1 Å². The predicted molar refractivity (Wildman–Crippen MR) is 225 cm³/mol. The van der Waals surface area contributed by atoms with Crippen molar-refractivity contribution in [1.82, 2.24) is 40.4 Å². The zero-order valence-electron chi connectivity index (χ0n) is 38.7. The summed E-state index contributed by atoms with van der Waals surface area (Å²) < 4.78 is 33.1. The number of tetrazole rings is 2. The van der Waals surface area contributed by atoms with Crippen LogP contribution < -0.4 is 0 Å². The molecule has 0 bridgehead atoms. The van der Waals surface area contributed by atoms with E-state index in [0.717, 1.165) is 16.5 Å². The highest BCUT2D eigenvalue weighted by Gasteiger charge is 2.28. The first-order chi connectivity index (χ1) is 25.4. The fraction of sp³-hybridized carbons (Fsp3) is 0.833. The summed E-state index contributed by atoms with van der Waals surface area (Å²) in [4.78, 5) is 45.3. The third-order valence-electron chi connectivity index (χ3n) is 7.09. The number of azo groups is 1. The van der Waals surface area contributed by atoms with Crippen LogP contribution in [0.1, 0.15) is 143 Å². The molecule has 1 aliphatic heterocycles. The Morgan fingerprint density at radius 2 is 1.19 bits per heavy atom. The highest BCUT2D eigenvalue weighted by atomic mass is 32.2. The molecule has 3 N–H and O–H groups in total. The lowest BCUT2D eigenvalue weighted by Gasteiger charge is -2.21. The first kappa shape index (κ1) is 58.5. The SMILES string of the molecule is CC(=O)Cn1nnnc1C(C)(C)C.CC(C)(C)C(=O)O.CC(C)(C)C1=NCN=N1.CC(C)(C)P(C)(=O)O.CC(C)(C)S(C)(=O)=O.CC(C)(C)c1nnn(CC(=O)O)n1. The average Bonchev–Trinajstić information content (AvgIpc) is 3.73. The maximum atomic E-state index is 10.9. The molecule has 2 aromatic heterocycles. The first-order valence-electron chi connectivity index (χ1n) is 18.3. The molecule has 3 rings (SSSR count). The Hall–Kier alpha value is -3.84. The van der Waals surface area contributed by atoms with Crippen LogP contribution in [0.15, 0.2) is 15.2 Å². The van der Waals surface area contributed by atoms with Crippen molar-refractivity contribution >= 4 is 40.8 Å². The van der Waals surface area contributed by atoms with Gasteiger partial charge in [0.05, 0.1) is 10.2 Å². The Morgan fingerprint density at radius 1 is 0.759 bits per heavy atom. The van der Waals surface area contributed by atoms with E-state index < -0.39 is 44.5 Å². The minimum Gasteiger partial charge on any atom is -0.481 e. The quantitative estimate of drug-likeness (QED) is 0.293. The molecule has 0 aliphatic carbocycles. The number of sulfone groups is 1. The molecule has 1 atom stereocenters. The molecule has 3 heterocycles. The average molecular weight is 866 g/mol. The summed E-state index contributed by atoms with van der Waals surface area (Å²) in [5.41, 5.74) is -0.838. The summed E-state index contributed by atoms with van der Waals surface area (Å²) in [6.45, 7) is 36.8. The van der Waals surface area contributed by atoms with Crippen LogP contribution in [0.2, 0.25) is 0 Å². The Morgan fingerprint density at radius 3 is 1.41 bits per heavy atom. The van der Waals surface area contributed by atoms with Crippen molar-refractivity contribution in [3.8, 4) is 0 Å². The number of carboxylic acids is 2. The van der Waals surface area contributed by atoms with Gasteiger partial charge in [0, 0.05) is 34.3 Å². The van der Waals surface area contributed by atoms with Crippen LogP contribution >= 0.6 is 7.37 Å². The van der Waals surface area contributed by atoms with E-state index >= 15 is 0 Å². The van der Waals surface area contributed by atoms with Crippen molar-refractivity contribution in [2.45, 2.75) is 165 Å². The van der Waals surface area contributed by atoms with Gasteiger partial charge in [-0.1, -0.05) is 83.1 Å². The number of Topliss-reactive ketones (excluding diaryl/α,β-unsaturated/α-hetero) is 1. The van der Waals surface area contributed by atoms with E-state index in [1.807, 2.05) is 41.5 Å². The number of aliphatic carboxylic acids is 2. The van der Waals surface area contributed by atoms with Gasteiger partial charge in [-0.2, -0.15) is 9.91 Å². The van der Waals surface area contributed by atoms with Crippen LogP contribution in [0, 0.1) is 10.8 Å². The van der Waals surface area contributed by atoms with Crippen molar-refractivity contribution in [1.29, 1.82) is 0 Å². The highest BCUT2D eigenvalue weighted by Crippen LogP contribution is 2.49. The van der Waals surface area contributed by atoms with Crippen molar-refractivity contribution in [2.24, 2.45) is 26.1 Å². The number of aliphatic imine (C=N–C) groups is 1. The predicted octanol–water partition coefficient (Wildman–Crippen LogP) is 6.10. The topological polar surface area (TPSA) is 287 Å². The fourth-order valence-corrected chi connectivity index (χ4v) is 2.41. The van der Waals surface area contributed by atoms with Crippen LogP contribution in [0.3, 0.4) is 0 Å². The minimum absolute atomic E-state index is 0.0535. The molecule has 2 aromatic rings. The molecule has 1 unspecified atom stereocenters. The summed E-state index contributed by atoms with van der Waals surface area (Å²) in [5, 5.41) is 46.4. The number of ketones is 1. The van der Waals surface area contributed by atoms with Crippen LogP contribution in [0.4, 0.5) is 0 Å². The molecule has 1 aliphatic rings. The van der Waals surface area contributed by atoms with Gasteiger partial charge in [0.2, 0.25) is 7.37 Å². The molecule has 0 aromatic carbocycles. The molecular weight excluding hydrogens is 794 g/mol. The van der Waals surface area contributed by atoms with Crippen LogP contribution in [-0.2, 0) is 52.7 Å². The summed E-state index contributed by atoms with van der Waals surface area (Å²) in [5.74, 6) is 0.474. The zero-order chi connectivity index (χ0) is 47.1. The van der Waals surface area contributed by atoms with Crippen LogP contribution in [0.5, 0.6) is 0 Å². The van der Waals surface area contributed by atoms with Gasteiger partial charge in [0.25, 0.3) is 0 Å². The molecule has 336 valence electrons. The van der Waals surface area contributed by atoms with E-state index in [1.54, 1.807) is 67.0 Å². The van der Waals surface area contributed by atoms with E-state index in [0.29, 0.717) is 12.5 Å². The third kappa shape index (κ3) is 26.2. The van der Waals surface area contributed by atoms with Crippen LogP contribution in [0.25, 0.3) is 0 Å². The number of amidine groups is 1. The lowest BCUT2D eigenvalue weighted by atomic mass is 9.95. The standard InChI is InChI=1S/C8H14N4O.C7H12N4O2.C6H11N3.C5H13O2P.C5H12O2S.C5H10O2/c1-6(13)5-12-7(8(2,3)4)9-10-11-12;1-7(2,3)6-8-10-11(9-6)4-5(12)13;1-6(2,3)5-7-4-8-9-5;2*1-5(2,3)8(4,6)7;1-5(2,3)4(6)7/h5H2,1-4H3;4H2,1-3H3,(H,12,13);4H2,1-3H3;1-4H3,(H,6,7);1-4H3;1-3H3,(H,6,7). The van der Waals surface area contributed by atoms with E-state index in [9.17, 15) is 27.4 Å². The number of hydrogen-bond acceptors (Lipinski definition) is 15. The number of carbonyl (C=O) groups is 3. The number of carbonyl (C=O) groups excluding carboxylic acids is 1. The molecule has 0 saturated heterocycles. The summed E-state index contributed by atoms with van der Waals surface area (Å²) in [6.07, 6.45) is 1.24. The molecule has 58 heavy (non-hydrogen) atoms. The van der Waals surface area contributed by atoms with E-state index in [2.05, 4.69) is 66.9 Å². The lowest BCUT2D eigenvalue weighted by molar-refractivity contribution is -0.146. The Kier molecular flexibility index (Phi) is 22.7. The van der Waals surface area contributed by atoms with Crippen LogP contribution in [-0.4, -0.2) is 117 Å². The molecule has 0 spiro atoms. The van der Waals surface area contributed by atoms with Gasteiger partial charge in [0.15, 0.2) is 46.3 Å². The summed E-state index contributed by atoms with van der Waals surface area (Å²) >= 11 is 0. The summed E-state index contributed by atoms with van der Waals surface area (Å²) in [7, 11) is -5.69. The Bertz CT molecular complexity index is 1820. The van der Waals surface area contributed by atoms with Gasteiger partial charge in [-0.3, -0.25) is 18.9 Å². The number of hydrogen-bond donors (Lipinski definition) is 3.